The molecule has 4 heteroatoms. The maximum absolute atomic E-state index is 10.9. The number of hydrogen-bond donors (Lipinski definition) is 2. The van der Waals surface area contributed by atoms with Crippen molar-refractivity contribution in [2.24, 2.45) is 0 Å². The largest absolute Gasteiger partial charge is 0.477 e. The molecular formula is C16H12N2O2. The van der Waals surface area contributed by atoms with Crippen LogP contribution in [0.5, 0.6) is 0 Å². The van der Waals surface area contributed by atoms with E-state index in [2.05, 4.69) is 10.3 Å². The Balaban J connectivity index is 2.01. The molecule has 0 spiro atoms. The highest BCUT2D eigenvalue weighted by atomic mass is 16.4. The number of anilines is 2. The predicted molar refractivity (Wildman–Crippen MR) is 78.4 cm³/mol. The summed E-state index contributed by atoms with van der Waals surface area (Å²) < 4.78 is 0. The van der Waals surface area contributed by atoms with Gasteiger partial charge in [-0.15, -0.1) is 0 Å². The summed E-state index contributed by atoms with van der Waals surface area (Å²) >= 11 is 0. The molecule has 0 amide bonds. The molecule has 0 aliphatic carbocycles. The van der Waals surface area contributed by atoms with Crippen molar-refractivity contribution in [2.45, 2.75) is 0 Å². The molecule has 0 radical (unpaired) electrons. The molecule has 0 unspecified atom stereocenters. The molecule has 2 N–H and O–H groups in total. The summed E-state index contributed by atoms with van der Waals surface area (Å²) in [6.07, 6.45) is 0. The molecule has 20 heavy (non-hydrogen) atoms. The van der Waals surface area contributed by atoms with Gasteiger partial charge in [-0.05, 0) is 23.6 Å². The standard InChI is InChI=1S/C16H12N2O2/c19-16(20)14-9-4-10-15(18-14)17-13-8-3-6-11-5-1-2-7-12(11)13/h1-10H,(H,17,18)(H,19,20). The first-order chi connectivity index (χ1) is 9.74. The van der Waals surface area contributed by atoms with E-state index in [1.807, 2.05) is 42.5 Å². The average Bonchev–Trinajstić information content (AvgIpc) is 2.48. The zero-order chi connectivity index (χ0) is 13.9. The van der Waals surface area contributed by atoms with E-state index in [0.717, 1.165) is 16.5 Å². The quantitative estimate of drug-likeness (QED) is 0.757. The van der Waals surface area contributed by atoms with Crippen LogP contribution in [0.25, 0.3) is 10.8 Å². The monoisotopic (exact) mass is 264 g/mol. The van der Waals surface area contributed by atoms with Crippen molar-refractivity contribution in [3.8, 4) is 0 Å². The number of rotatable bonds is 3. The van der Waals surface area contributed by atoms with Crippen molar-refractivity contribution in [1.29, 1.82) is 0 Å². The summed E-state index contributed by atoms with van der Waals surface area (Å²) in [7, 11) is 0. The maximum Gasteiger partial charge on any atom is 0.354 e. The zero-order valence-corrected chi connectivity index (χ0v) is 10.6. The van der Waals surface area contributed by atoms with Crippen molar-refractivity contribution in [3.05, 3.63) is 66.4 Å². The highest BCUT2D eigenvalue weighted by Crippen LogP contribution is 2.25. The number of nitrogens with zero attached hydrogens (tertiary/aromatic N) is 1. The van der Waals surface area contributed by atoms with Gasteiger partial charge in [0.2, 0.25) is 0 Å². The normalized spacial score (nSPS) is 10.4. The van der Waals surface area contributed by atoms with E-state index in [-0.39, 0.29) is 5.69 Å². The number of hydrogen-bond acceptors (Lipinski definition) is 3. The molecular weight excluding hydrogens is 252 g/mol. The lowest BCUT2D eigenvalue weighted by Crippen LogP contribution is -2.02. The first-order valence-electron chi connectivity index (χ1n) is 6.19. The van der Waals surface area contributed by atoms with E-state index in [4.69, 9.17) is 5.11 Å². The lowest BCUT2D eigenvalue weighted by Gasteiger charge is -2.09. The van der Waals surface area contributed by atoms with Crippen LogP contribution in [0, 0.1) is 0 Å². The van der Waals surface area contributed by atoms with Gasteiger partial charge in [0.1, 0.15) is 5.82 Å². The number of benzene rings is 2. The fraction of sp³-hybridized carbons (Fsp3) is 0. The molecule has 0 saturated heterocycles. The summed E-state index contributed by atoms with van der Waals surface area (Å²) in [6, 6.07) is 18.8. The third kappa shape index (κ3) is 2.31. The Hall–Kier alpha value is -2.88. The minimum Gasteiger partial charge on any atom is -0.477 e. The van der Waals surface area contributed by atoms with Crippen molar-refractivity contribution < 1.29 is 9.90 Å². The zero-order valence-electron chi connectivity index (χ0n) is 10.6. The minimum absolute atomic E-state index is 0.0234. The molecule has 0 bridgehead atoms. The Morgan fingerprint density at radius 2 is 1.70 bits per heavy atom. The summed E-state index contributed by atoms with van der Waals surface area (Å²) in [5, 5.41) is 14.3. The molecule has 0 fully saturated rings. The van der Waals surface area contributed by atoms with E-state index in [1.54, 1.807) is 12.1 Å². The number of fused-ring (bicyclic) bond motifs is 1. The summed E-state index contributed by atoms with van der Waals surface area (Å²) in [5.74, 6) is -0.521. The van der Waals surface area contributed by atoms with E-state index >= 15 is 0 Å². The molecule has 98 valence electrons. The second-order valence-corrected chi connectivity index (χ2v) is 4.36. The van der Waals surface area contributed by atoms with Crippen LogP contribution in [-0.4, -0.2) is 16.1 Å². The smallest absolute Gasteiger partial charge is 0.354 e. The SMILES string of the molecule is O=C(O)c1cccc(Nc2cccc3ccccc23)n1. The van der Waals surface area contributed by atoms with Gasteiger partial charge in [-0.2, -0.15) is 0 Å². The van der Waals surface area contributed by atoms with Gasteiger partial charge in [-0.3, -0.25) is 0 Å². The Morgan fingerprint density at radius 3 is 2.55 bits per heavy atom. The summed E-state index contributed by atoms with van der Waals surface area (Å²) in [5.41, 5.74) is 0.924. The fourth-order valence-corrected chi connectivity index (χ4v) is 2.10. The molecule has 0 atom stereocenters. The van der Waals surface area contributed by atoms with Crippen molar-refractivity contribution in [3.63, 3.8) is 0 Å². The van der Waals surface area contributed by atoms with Crippen LogP contribution in [0.1, 0.15) is 10.5 Å². The number of carboxylic acid groups (broad SMARTS) is 1. The van der Waals surface area contributed by atoms with Crippen molar-refractivity contribution in [2.75, 3.05) is 5.32 Å². The minimum atomic E-state index is -1.04. The van der Waals surface area contributed by atoms with Gasteiger partial charge >= 0.3 is 5.97 Å². The van der Waals surface area contributed by atoms with Gasteiger partial charge in [0.15, 0.2) is 5.69 Å². The highest BCUT2D eigenvalue weighted by Gasteiger charge is 2.06. The summed E-state index contributed by atoms with van der Waals surface area (Å²) in [6.45, 7) is 0. The number of nitrogens with one attached hydrogen (secondary N) is 1. The summed E-state index contributed by atoms with van der Waals surface area (Å²) in [4.78, 5) is 15.0. The maximum atomic E-state index is 10.9. The van der Waals surface area contributed by atoms with E-state index < -0.39 is 5.97 Å². The van der Waals surface area contributed by atoms with Gasteiger partial charge in [-0.25, -0.2) is 9.78 Å². The molecule has 3 aromatic rings. The molecule has 1 aromatic heterocycles. The van der Waals surface area contributed by atoms with Crippen LogP contribution < -0.4 is 5.32 Å². The molecule has 2 aromatic carbocycles. The predicted octanol–water partition coefficient (Wildman–Crippen LogP) is 3.68. The molecule has 0 aliphatic heterocycles. The number of aromatic carboxylic acids is 1. The van der Waals surface area contributed by atoms with E-state index in [9.17, 15) is 4.79 Å². The van der Waals surface area contributed by atoms with E-state index in [1.165, 1.54) is 6.07 Å². The fourth-order valence-electron chi connectivity index (χ4n) is 2.10. The van der Waals surface area contributed by atoms with Crippen LogP contribution in [0.4, 0.5) is 11.5 Å². The van der Waals surface area contributed by atoms with Crippen LogP contribution in [0.15, 0.2) is 60.7 Å². The second kappa shape index (κ2) is 5.01. The van der Waals surface area contributed by atoms with Crippen molar-refractivity contribution in [1.82, 2.24) is 4.98 Å². The highest BCUT2D eigenvalue weighted by molar-refractivity contribution is 5.95. The lowest BCUT2D eigenvalue weighted by atomic mass is 10.1. The average molecular weight is 264 g/mol. The van der Waals surface area contributed by atoms with Gasteiger partial charge in [0, 0.05) is 11.1 Å². The number of carboxylic acids is 1. The molecule has 1 heterocycles. The molecule has 3 rings (SSSR count). The van der Waals surface area contributed by atoms with Gasteiger partial charge in [-0.1, -0.05) is 42.5 Å². The van der Waals surface area contributed by atoms with Crippen LogP contribution in [-0.2, 0) is 0 Å². The molecule has 0 aliphatic rings. The number of pyridine rings is 1. The number of carbonyl (C=O) groups is 1. The first kappa shape index (κ1) is 12.2. The Labute approximate surface area is 115 Å². The Morgan fingerprint density at radius 1 is 0.950 bits per heavy atom. The Bertz CT molecular complexity index is 779. The van der Waals surface area contributed by atoms with Gasteiger partial charge in [0.25, 0.3) is 0 Å². The molecule has 0 saturated carbocycles. The van der Waals surface area contributed by atoms with Crippen LogP contribution >= 0.6 is 0 Å². The van der Waals surface area contributed by atoms with Crippen LogP contribution in [0.2, 0.25) is 0 Å². The third-order valence-electron chi connectivity index (χ3n) is 3.02. The van der Waals surface area contributed by atoms with Crippen molar-refractivity contribution >= 4 is 28.2 Å². The molecule has 4 nitrogen and oxygen atoms in total. The lowest BCUT2D eigenvalue weighted by molar-refractivity contribution is 0.0690. The first-order valence-corrected chi connectivity index (χ1v) is 6.19. The third-order valence-corrected chi connectivity index (χ3v) is 3.02. The Kier molecular flexibility index (Phi) is 3.05. The topological polar surface area (TPSA) is 62.2 Å². The van der Waals surface area contributed by atoms with E-state index in [0.29, 0.717) is 5.82 Å². The second-order valence-electron chi connectivity index (χ2n) is 4.36. The van der Waals surface area contributed by atoms with Crippen LogP contribution in [0.3, 0.4) is 0 Å². The van der Waals surface area contributed by atoms with Gasteiger partial charge in [0.05, 0.1) is 0 Å². The van der Waals surface area contributed by atoms with Gasteiger partial charge < -0.3 is 10.4 Å². The number of aromatic nitrogens is 1.